The fourth-order valence-electron chi connectivity index (χ4n) is 4.73. The van der Waals surface area contributed by atoms with Gasteiger partial charge in [0.25, 0.3) is 0 Å². The molecule has 0 spiro atoms. The lowest BCUT2D eigenvalue weighted by molar-refractivity contribution is -0.174. The van der Waals surface area contributed by atoms with Crippen molar-refractivity contribution in [1.29, 1.82) is 0 Å². The summed E-state index contributed by atoms with van der Waals surface area (Å²) in [6, 6.07) is 0. The molecular weight excluding hydrogens is 244 g/mol. The molecule has 0 aromatic carbocycles. The summed E-state index contributed by atoms with van der Waals surface area (Å²) in [7, 11) is 2.92. The fraction of sp³-hybridized carbons (Fsp3) is 0.733. The average Bonchev–Trinajstić information content (AvgIpc) is 2.77. The zero-order valence-electron chi connectivity index (χ0n) is 11.6. The molecule has 4 nitrogen and oxygen atoms in total. The number of carbonyl (C=O) groups excluding carboxylic acids is 2. The lowest BCUT2D eigenvalue weighted by Gasteiger charge is -2.56. The number of methoxy groups -OCH3 is 2. The van der Waals surface area contributed by atoms with Gasteiger partial charge in [0.1, 0.15) is 11.2 Å². The smallest absolute Gasteiger partial charge is 0.319 e. The van der Waals surface area contributed by atoms with Crippen LogP contribution in [-0.4, -0.2) is 26.0 Å². The van der Waals surface area contributed by atoms with E-state index >= 15 is 0 Å². The highest BCUT2D eigenvalue weighted by molar-refractivity contribution is 5.98. The first-order valence-corrected chi connectivity index (χ1v) is 6.94. The van der Waals surface area contributed by atoms with Crippen LogP contribution in [0.4, 0.5) is 0 Å². The van der Waals surface area contributed by atoms with Gasteiger partial charge in [0.15, 0.2) is 5.78 Å². The minimum atomic E-state index is -0.798. The van der Waals surface area contributed by atoms with Crippen LogP contribution in [0.3, 0.4) is 0 Å². The third kappa shape index (κ3) is 1.40. The van der Waals surface area contributed by atoms with Gasteiger partial charge in [0.2, 0.25) is 0 Å². The maximum atomic E-state index is 12.3. The number of hydrogen-bond acceptors (Lipinski definition) is 4. The third-order valence-corrected chi connectivity index (χ3v) is 5.54. The SMILES string of the molecule is COC(=O)[C@]1(C)C(OC)=CC(=O)C2C1[C@H]1CCC[C@@H]21. The summed E-state index contributed by atoms with van der Waals surface area (Å²) < 4.78 is 10.3. The molecule has 2 unspecified atom stereocenters. The summed E-state index contributed by atoms with van der Waals surface area (Å²) in [4.78, 5) is 24.5. The normalized spacial score (nSPS) is 43.7. The van der Waals surface area contributed by atoms with Gasteiger partial charge in [0.05, 0.1) is 14.2 Å². The van der Waals surface area contributed by atoms with Crippen molar-refractivity contribution in [3.05, 3.63) is 11.8 Å². The van der Waals surface area contributed by atoms with Crippen molar-refractivity contribution < 1.29 is 19.1 Å². The Morgan fingerprint density at radius 2 is 2.00 bits per heavy atom. The Hall–Kier alpha value is -1.32. The first-order chi connectivity index (χ1) is 9.05. The predicted octanol–water partition coefficient (Wildman–Crippen LogP) is 1.94. The standard InChI is InChI=1S/C15H20O4/c1-15(14(17)19-3)11(18-2)7-10(16)12-8-5-4-6-9(8)13(12)15/h7-9,12-13H,4-6H2,1-3H3/t8-,9+,12?,13?,15-/m1/s1. The minimum Gasteiger partial charge on any atom is -0.500 e. The van der Waals surface area contributed by atoms with Crippen LogP contribution in [-0.2, 0) is 19.1 Å². The molecule has 5 atom stereocenters. The highest BCUT2D eigenvalue weighted by atomic mass is 16.5. The lowest BCUT2D eigenvalue weighted by atomic mass is 9.46. The van der Waals surface area contributed by atoms with Crippen LogP contribution < -0.4 is 0 Å². The molecule has 0 heterocycles. The lowest BCUT2D eigenvalue weighted by Crippen LogP contribution is -2.60. The van der Waals surface area contributed by atoms with Gasteiger partial charge in [-0.15, -0.1) is 0 Å². The van der Waals surface area contributed by atoms with Crippen molar-refractivity contribution in [3.63, 3.8) is 0 Å². The summed E-state index contributed by atoms with van der Waals surface area (Å²) in [5.74, 6) is 1.30. The van der Waals surface area contributed by atoms with Gasteiger partial charge >= 0.3 is 5.97 Å². The van der Waals surface area contributed by atoms with Crippen LogP contribution in [0.1, 0.15) is 26.2 Å². The van der Waals surface area contributed by atoms with Crippen LogP contribution in [0, 0.1) is 29.1 Å². The van der Waals surface area contributed by atoms with Gasteiger partial charge in [-0.25, -0.2) is 0 Å². The summed E-state index contributed by atoms with van der Waals surface area (Å²) in [5.41, 5.74) is -0.798. The maximum absolute atomic E-state index is 12.3. The van der Waals surface area contributed by atoms with Gasteiger partial charge in [-0.3, -0.25) is 9.59 Å². The third-order valence-electron chi connectivity index (χ3n) is 5.54. The van der Waals surface area contributed by atoms with Crippen LogP contribution in [0.15, 0.2) is 11.8 Å². The van der Waals surface area contributed by atoms with E-state index in [2.05, 4.69) is 0 Å². The van der Waals surface area contributed by atoms with E-state index in [-0.39, 0.29) is 23.6 Å². The fourth-order valence-corrected chi connectivity index (χ4v) is 4.73. The molecule has 3 aliphatic carbocycles. The van der Waals surface area contributed by atoms with E-state index in [4.69, 9.17) is 9.47 Å². The molecule has 3 aliphatic rings. The number of ketones is 1. The van der Waals surface area contributed by atoms with Crippen molar-refractivity contribution in [2.75, 3.05) is 14.2 Å². The van der Waals surface area contributed by atoms with Gasteiger partial charge < -0.3 is 9.47 Å². The van der Waals surface area contributed by atoms with E-state index < -0.39 is 5.41 Å². The minimum absolute atomic E-state index is 0.00417. The Morgan fingerprint density at radius 3 is 2.63 bits per heavy atom. The number of carbonyl (C=O) groups is 2. The summed E-state index contributed by atoms with van der Waals surface area (Å²) in [6.45, 7) is 1.87. The first-order valence-electron chi connectivity index (χ1n) is 6.94. The van der Waals surface area contributed by atoms with Crippen LogP contribution in [0.25, 0.3) is 0 Å². The zero-order chi connectivity index (χ0) is 13.8. The van der Waals surface area contributed by atoms with Gasteiger partial charge in [-0.1, -0.05) is 6.42 Å². The molecule has 19 heavy (non-hydrogen) atoms. The Kier molecular flexibility index (Phi) is 2.73. The predicted molar refractivity (Wildman–Crippen MR) is 68.0 cm³/mol. The number of ether oxygens (including phenoxy) is 2. The molecule has 0 aromatic heterocycles. The summed E-state index contributed by atoms with van der Waals surface area (Å²) in [5, 5.41) is 0. The van der Waals surface area contributed by atoms with Gasteiger partial charge in [0, 0.05) is 12.0 Å². The molecule has 0 aliphatic heterocycles. The highest BCUT2D eigenvalue weighted by Crippen LogP contribution is 2.65. The molecule has 104 valence electrons. The van der Waals surface area contributed by atoms with E-state index in [9.17, 15) is 9.59 Å². The largest absolute Gasteiger partial charge is 0.500 e. The van der Waals surface area contributed by atoms with E-state index in [1.807, 2.05) is 6.92 Å². The van der Waals surface area contributed by atoms with Crippen molar-refractivity contribution >= 4 is 11.8 Å². The van der Waals surface area contributed by atoms with Crippen molar-refractivity contribution in [2.45, 2.75) is 26.2 Å². The molecule has 2 fully saturated rings. The average molecular weight is 264 g/mol. The molecule has 0 saturated heterocycles. The zero-order valence-corrected chi connectivity index (χ0v) is 11.6. The van der Waals surface area contributed by atoms with E-state index in [1.54, 1.807) is 0 Å². The summed E-state index contributed by atoms with van der Waals surface area (Å²) in [6.07, 6.45) is 4.91. The molecule has 0 radical (unpaired) electrons. The second kappa shape index (κ2) is 4.09. The molecular formula is C15H20O4. The van der Waals surface area contributed by atoms with Crippen LogP contribution in [0.2, 0.25) is 0 Å². The number of esters is 1. The molecule has 2 saturated carbocycles. The van der Waals surface area contributed by atoms with E-state index in [0.29, 0.717) is 17.6 Å². The van der Waals surface area contributed by atoms with Gasteiger partial charge in [-0.2, -0.15) is 0 Å². The topological polar surface area (TPSA) is 52.6 Å². The summed E-state index contributed by atoms with van der Waals surface area (Å²) >= 11 is 0. The molecule has 4 heteroatoms. The highest BCUT2D eigenvalue weighted by Gasteiger charge is 2.67. The Morgan fingerprint density at radius 1 is 1.32 bits per heavy atom. The van der Waals surface area contributed by atoms with Crippen molar-refractivity contribution in [3.8, 4) is 0 Å². The van der Waals surface area contributed by atoms with Gasteiger partial charge in [-0.05, 0) is 37.5 Å². The van der Waals surface area contributed by atoms with Crippen LogP contribution >= 0.6 is 0 Å². The number of fused-ring (bicyclic) bond motifs is 4. The second-order valence-corrected chi connectivity index (χ2v) is 6.12. The Labute approximate surface area is 113 Å². The molecule has 3 rings (SSSR count). The quantitative estimate of drug-likeness (QED) is 0.715. The van der Waals surface area contributed by atoms with Crippen molar-refractivity contribution in [2.24, 2.45) is 29.1 Å². The van der Waals surface area contributed by atoms with E-state index in [0.717, 1.165) is 19.3 Å². The monoisotopic (exact) mass is 264 g/mol. The molecule has 0 aromatic rings. The first kappa shape index (κ1) is 12.7. The second-order valence-electron chi connectivity index (χ2n) is 6.12. The van der Waals surface area contributed by atoms with E-state index in [1.165, 1.54) is 20.3 Å². The molecule has 0 amide bonds. The van der Waals surface area contributed by atoms with Crippen molar-refractivity contribution in [1.82, 2.24) is 0 Å². The Bertz CT molecular complexity index is 467. The molecule has 0 bridgehead atoms. The number of allylic oxidation sites excluding steroid dienone is 1. The van der Waals surface area contributed by atoms with Crippen LogP contribution in [0.5, 0.6) is 0 Å². The number of rotatable bonds is 2. The molecule has 0 N–H and O–H groups in total. The maximum Gasteiger partial charge on any atom is 0.319 e. The number of hydrogen-bond donors (Lipinski definition) is 0. The Balaban J connectivity index is 2.06.